The van der Waals surface area contributed by atoms with Crippen LogP contribution < -0.4 is 5.32 Å². The van der Waals surface area contributed by atoms with Gasteiger partial charge in [-0.3, -0.25) is 4.79 Å². The Morgan fingerprint density at radius 1 is 1.04 bits per heavy atom. The van der Waals surface area contributed by atoms with Gasteiger partial charge in [-0.2, -0.15) is 0 Å². The van der Waals surface area contributed by atoms with Crippen LogP contribution in [0.1, 0.15) is 29.6 Å². The third kappa shape index (κ3) is 3.64. The molecule has 0 radical (unpaired) electrons. The first-order chi connectivity index (χ1) is 11.1. The van der Waals surface area contributed by atoms with E-state index < -0.39 is 11.6 Å². The van der Waals surface area contributed by atoms with Crippen LogP contribution in [0.3, 0.4) is 0 Å². The Labute approximate surface area is 133 Å². The minimum Gasteiger partial charge on any atom is -0.340 e. The number of carbonyl (C=O) groups is 1. The van der Waals surface area contributed by atoms with Crippen molar-refractivity contribution in [2.75, 3.05) is 18.4 Å². The lowest BCUT2D eigenvalue weighted by atomic mass is 10.1. The summed E-state index contributed by atoms with van der Waals surface area (Å²) in [6.07, 6.45) is 4.74. The molecule has 3 rings (SSSR count). The van der Waals surface area contributed by atoms with E-state index in [-0.39, 0.29) is 5.91 Å². The van der Waals surface area contributed by atoms with Crippen LogP contribution in [-0.4, -0.2) is 28.9 Å². The maximum Gasteiger partial charge on any atom is 0.255 e. The summed E-state index contributed by atoms with van der Waals surface area (Å²) in [4.78, 5) is 18.3. The molecule has 1 amide bonds. The van der Waals surface area contributed by atoms with Gasteiger partial charge in [0.25, 0.3) is 5.91 Å². The summed E-state index contributed by atoms with van der Waals surface area (Å²) in [5, 5.41) is 2.87. The third-order valence-electron chi connectivity index (χ3n) is 3.85. The van der Waals surface area contributed by atoms with Crippen LogP contribution >= 0.6 is 0 Å². The van der Waals surface area contributed by atoms with Gasteiger partial charge in [0.2, 0.25) is 0 Å². The molecule has 0 aliphatic carbocycles. The molecule has 6 heteroatoms. The molecule has 1 fully saturated rings. The van der Waals surface area contributed by atoms with E-state index in [1.54, 1.807) is 12.1 Å². The van der Waals surface area contributed by atoms with Gasteiger partial charge in [0, 0.05) is 31.0 Å². The predicted octanol–water partition coefficient (Wildman–Crippen LogP) is 3.73. The number of amides is 1. The summed E-state index contributed by atoms with van der Waals surface area (Å²) >= 11 is 0. The van der Waals surface area contributed by atoms with Crippen LogP contribution in [0.15, 0.2) is 36.5 Å². The average Bonchev–Trinajstić information content (AvgIpc) is 2.59. The zero-order chi connectivity index (χ0) is 16.2. The third-order valence-corrected chi connectivity index (χ3v) is 3.85. The van der Waals surface area contributed by atoms with Gasteiger partial charge < -0.3 is 10.2 Å². The quantitative estimate of drug-likeness (QED) is 0.938. The molecule has 2 heterocycles. The normalized spacial score (nSPS) is 14.6. The molecule has 1 aliphatic rings. The highest BCUT2D eigenvalue weighted by Crippen LogP contribution is 2.18. The van der Waals surface area contributed by atoms with Gasteiger partial charge in [0.05, 0.1) is 5.56 Å². The van der Waals surface area contributed by atoms with Gasteiger partial charge in [-0.1, -0.05) is 0 Å². The Morgan fingerprint density at radius 2 is 1.83 bits per heavy atom. The molecule has 1 saturated heterocycles. The van der Waals surface area contributed by atoms with Gasteiger partial charge in [-0.15, -0.1) is 0 Å². The van der Waals surface area contributed by atoms with Crippen molar-refractivity contribution in [2.45, 2.75) is 19.3 Å². The number of hydrogen-bond donors (Lipinski definition) is 1. The lowest BCUT2D eigenvalue weighted by molar-refractivity contribution is 0.0724. The second-order valence-corrected chi connectivity index (χ2v) is 5.54. The van der Waals surface area contributed by atoms with E-state index in [2.05, 4.69) is 10.3 Å². The van der Waals surface area contributed by atoms with Crippen molar-refractivity contribution in [3.8, 4) is 0 Å². The van der Waals surface area contributed by atoms with Crippen LogP contribution in [0.4, 0.5) is 20.3 Å². The van der Waals surface area contributed by atoms with E-state index in [1.165, 1.54) is 18.7 Å². The summed E-state index contributed by atoms with van der Waals surface area (Å²) in [6, 6.07) is 6.87. The second-order valence-electron chi connectivity index (χ2n) is 5.54. The summed E-state index contributed by atoms with van der Waals surface area (Å²) in [5.41, 5.74) is 0.925. The van der Waals surface area contributed by atoms with Crippen LogP contribution in [0.25, 0.3) is 0 Å². The van der Waals surface area contributed by atoms with Crippen molar-refractivity contribution >= 4 is 17.4 Å². The fourth-order valence-electron chi connectivity index (χ4n) is 2.60. The number of pyridine rings is 1. The number of carbonyl (C=O) groups excluding carboxylic acids is 1. The molecule has 1 N–H and O–H groups in total. The average molecular weight is 317 g/mol. The number of nitrogens with zero attached hydrogens (tertiary/aromatic N) is 2. The van der Waals surface area contributed by atoms with Crippen molar-refractivity contribution in [3.63, 3.8) is 0 Å². The molecule has 4 nitrogen and oxygen atoms in total. The number of aromatic nitrogens is 1. The van der Waals surface area contributed by atoms with Gasteiger partial charge in [0.1, 0.15) is 5.82 Å². The van der Waals surface area contributed by atoms with Crippen molar-refractivity contribution in [2.24, 2.45) is 0 Å². The standard InChI is InChI=1S/C17H17F2N3O/c18-14-6-5-13(10-15(14)19)21-16-7-4-12(11-20-16)17(23)22-8-2-1-3-9-22/h4-7,10-11H,1-3,8-9H2,(H,20,21). The van der Waals surface area contributed by atoms with Gasteiger partial charge >= 0.3 is 0 Å². The maximum absolute atomic E-state index is 13.2. The highest BCUT2D eigenvalue weighted by molar-refractivity contribution is 5.94. The van der Waals surface area contributed by atoms with E-state index >= 15 is 0 Å². The topological polar surface area (TPSA) is 45.2 Å². The number of nitrogens with one attached hydrogen (secondary N) is 1. The van der Waals surface area contributed by atoms with Crippen LogP contribution in [0, 0.1) is 11.6 Å². The molecule has 0 spiro atoms. The number of benzene rings is 1. The number of likely N-dealkylation sites (tertiary alicyclic amines) is 1. The number of rotatable bonds is 3. The van der Waals surface area contributed by atoms with Gasteiger partial charge in [-0.25, -0.2) is 13.8 Å². The molecule has 0 saturated carbocycles. The Morgan fingerprint density at radius 3 is 2.48 bits per heavy atom. The Kier molecular flexibility index (Phi) is 4.50. The molecule has 120 valence electrons. The fourth-order valence-corrected chi connectivity index (χ4v) is 2.60. The molecule has 0 atom stereocenters. The van der Waals surface area contributed by atoms with E-state index in [9.17, 15) is 13.6 Å². The predicted molar refractivity (Wildman–Crippen MR) is 83.6 cm³/mol. The number of anilines is 2. The van der Waals surface area contributed by atoms with E-state index in [1.807, 2.05) is 4.90 Å². The smallest absolute Gasteiger partial charge is 0.255 e. The van der Waals surface area contributed by atoms with E-state index in [0.717, 1.165) is 38.1 Å². The molecule has 0 unspecified atom stereocenters. The largest absolute Gasteiger partial charge is 0.340 e. The number of halogens is 2. The second kappa shape index (κ2) is 6.73. The summed E-state index contributed by atoms with van der Waals surface area (Å²) in [5.74, 6) is -1.37. The first kappa shape index (κ1) is 15.4. The zero-order valence-electron chi connectivity index (χ0n) is 12.6. The molecule has 2 aromatic rings. The molecular weight excluding hydrogens is 300 g/mol. The summed E-state index contributed by atoms with van der Waals surface area (Å²) in [7, 11) is 0. The monoisotopic (exact) mass is 317 g/mol. The van der Waals surface area contributed by atoms with Crippen LogP contribution in [0.2, 0.25) is 0 Å². The summed E-state index contributed by atoms with van der Waals surface area (Å²) < 4.78 is 26.1. The lowest BCUT2D eigenvalue weighted by Gasteiger charge is -2.26. The highest BCUT2D eigenvalue weighted by Gasteiger charge is 2.18. The molecule has 1 aliphatic heterocycles. The Bertz CT molecular complexity index is 697. The Balaban J connectivity index is 1.68. The van der Waals surface area contributed by atoms with Crippen molar-refractivity contribution in [1.82, 2.24) is 9.88 Å². The van der Waals surface area contributed by atoms with E-state index in [4.69, 9.17) is 0 Å². The highest BCUT2D eigenvalue weighted by atomic mass is 19.2. The fraction of sp³-hybridized carbons (Fsp3) is 0.294. The van der Waals surface area contributed by atoms with Crippen LogP contribution in [0.5, 0.6) is 0 Å². The Hall–Kier alpha value is -2.50. The molecule has 1 aromatic heterocycles. The van der Waals surface area contributed by atoms with Crippen molar-refractivity contribution < 1.29 is 13.6 Å². The summed E-state index contributed by atoms with van der Waals surface area (Å²) in [6.45, 7) is 1.57. The van der Waals surface area contributed by atoms with Gasteiger partial charge in [-0.05, 0) is 43.5 Å². The minimum atomic E-state index is -0.924. The van der Waals surface area contributed by atoms with E-state index in [0.29, 0.717) is 17.1 Å². The van der Waals surface area contributed by atoms with Crippen molar-refractivity contribution in [1.29, 1.82) is 0 Å². The first-order valence-corrected chi connectivity index (χ1v) is 7.61. The SMILES string of the molecule is O=C(c1ccc(Nc2ccc(F)c(F)c2)nc1)N1CCCCC1. The minimum absolute atomic E-state index is 0.0171. The molecule has 23 heavy (non-hydrogen) atoms. The maximum atomic E-state index is 13.2. The molecular formula is C17H17F2N3O. The van der Waals surface area contributed by atoms with Crippen molar-refractivity contribution in [3.05, 3.63) is 53.7 Å². The van der Waals surface area contributed by atoms with Gasteiger partial charge in [0.15, 0.2) is 11.6 Å². The zero-order valence-corrected chi connectivity index (χ0v) is 12.6. The molecule has 1 aromatic carbocycles. The van der Waals surface area contributed by atoms with Crippen LogP contribution in [-0.2, 0) is 0 Å². The number of piperidine rings is 1. The molecule has 0 bridgehead atoms. The first-order valence-electron chi connectivity index (χ1n) is 7.61. The number of hydrogen-bond acceptors (Lipinski definition) is 3. The lowest BCUT2D eigenvalue weighted by Crippen LogP contribution is -2.35.